The molecule has 96 valence electrons. The van der Waals surface area contributed by atoms with Gasteiger partial charge in [0, 0.05) is 31.0 Å². The molecule has 1 unspecified atom stereocenters. The minimum atomic E-state index is 0.350. The van der Waals surface area contributed by atoms with Gasteiger partial charge in [-0.15, -0.1) is 0 Å². The highest BCUT2D eigenvalue weighted by Gasteiger charge is 2.08. The van der Waals surface area contributed by atoms with E-state index >= 15 is 0 Å². The maximum atomic E-state index is 5.46. The topological polar surface area (TPSA) is 30.5 Å². The molecule has 1 N–H and O–H groups in total. The first-order valence-electron chi connectivity index (χ1n) is 6.22. The van der Waals surface area contributed by atoms with Crippen LogP contribution in [0.3, 0.4) is 0 Å². The van der Waals surface area contributed by atoms with Crippen molar-refractivity contribution >= 4 is 5.69 Å². The maximum Gasteiger partial charge on any atom is 0.0736 e. The largest absolute Gasteiger partial charge is 0.383 e. The maximum absolute atomic E-state index is 5.46. The molecule has 0 aliphatic heterocycles. The van der Waals surface area contributed by atoms with Crippen molar-refractivity contribution in [2.24, 2.45) is 0 Å². The van der Waals surface area contributed by atoms with Crippen LogP contribution in [0.15, 0.2) is 24.3 Å². The van der Waals surface area contributed by atoms with E-state index in [0.717, 1.165) is 25.3 Å². The van der Waals surface area contributed by atoms with Gasteiger partial charge >= 0.3 is 0 Å². The molecule has 0 amide bonds. The van der Waals surface area contributed by atoms with Crippen molar-refractivity contribution in [1.82, 2.24) is 0 Å². The average Bonchev–Trinajstić information content (AvgIpc) is 2.37. The molecular formula is C14H23NO2. The molecule has 3 nitrogen and oxygen atoms in total. The van der Waals surface area contributed by atoms with E-state index in [0.29, 0.717) is 12.6 Å². The van der Waals surface area contributed by atoms with E-state index in [2.05, 4.69) is 24.4 Å². The summed E-state index contributed by atoms with van der Waals surface area (Å²) in [5.74, 6) is 0. The molecule has 0 aromatic heterocycles. The average molecular weight is 237 g/mol. The van der Waals surface area contributed by atoms with Crippen LogP contribution in [0.25, 0.3) is 0 Å². The summed E-state index contributed by atoms with van der Waals surface area (Å²) in [4.78, 5) is 0. The van der Waals surface area contributed by atoms with Gasteiger partial charge < -0.3 is 14.8 Å². The van der Waals surface area contributed by atoms with Gasteiger partial charge in [0.2, 0.25) is 0 Å². The van der Waals surface area contributed by atoms with E-state index < -0.39 is 0 Å². The van der Waals surface area contributed by atoms with Gasteiger partial charge in [0.05, 0.1) is 13.2 Å². The van der Waals surface area contributed by atoms with Crippen molar-refractivity contribution in [3.05, 3.63) is 29.8 Å². The van der Waals surface area contributed by atoms with Crippen LogP contribution in [0.2, 0.25) is 0 Å². The van der Waals surface area contributed by atoms with Gasteiger partial charge in [-0.05, 0) is 19.4 Å². The fourth-order valence-electron chi connectivity index (χ4n) is 1.68. The third-order valence-corrected chi connectivity index (χ3v) is 2.70. The Morgan fingerprint density at radius 1 is 1.24 bits per heavy atom. The molecule has 0 heterocycles. The summed E-state index contributed by atoms with van der Waals surface area (Å²) in [6, 6.07) is 8.61. The normalized spacial score (nSPS) is 12.4. The summed E-state index contributed by atoms with van der Waals surface area (Å²) in [6.07, 6.45) is 1.04. The van der Waals surface area contributed by atoms with Gasteiger partial charge in [-0.3, -0.25) is 0 Å². The molecule has 0 aliphatic rings. The van der Waals surface area contributed by atoms with Gasteiger partial charge in [-0.1, -0.05) is 25.1 Å². The van der Waals surface area contributed by atoms with Crippen LogP contribution in [0, 0.1) is 0 Å². The lowest BCUT2D eigenvalue weighted by Gasteiger charge is -2.19. The van der Waals surface area contributed by atoms with Crippen LogP contribution < -0.4 is 5.32 Å². The molecular weight excluding hydrogens is 214 g/mol. The van der Waals surface area contributed by atoms with Crippen LogP contribution in [0.5, 0.6) is 0 Å². The lowest BCUT2D eigenvalue weighted by molar-refractivity contribution is 0.134. The smallest absolute Gasteiger partial charge is 0.0736 e. The first-order valence-corrected chi connectivity index (χ1v) is 6.22. The Bertz CT molecular complexity index is 315. The Kier molecular flexibility index (Phi) is 6.67. The van der Waals surface area contributed by atoms with Gasteiger partial charge in [0.15, 0.2) is 0 Å². The summed E-state index contributed by atoms with van der Waals surface area (Å²) < 4.78 is 10.7. The van der Waals surface area contributed by atoms with Gasteiger partial charge in [0.25, 0.3) is 0 Å². The van der Waals surface area contributed by atoms with Crippen LogP contribution >= 0.6 is 0 Å². The molecule has 0 bridgehead atoms. The van der Waals surface area contributed by atoms with E-state index in [1.165, 1.54) is 5.56 Å². The van der Waals surface area contributed by atoms with Crippen LogP contribution in [-0.2, 0) is 16.1 Å². The Morgan fingerprint density at radius 2 is 2.00 bits per heavy atom. The van der Waals surface area contributed by atoms with Gasteiger partial charge in [-0.25, -0.2) is 0 Å². The summed E-state index contributed by atoms with van der Waals surface area (Å²) in [5.41, 5.74) is 2.34. The lowest BCUT2D eigenvalue weighted by Crippen LogP contribution is -2.24. The molecule has 17 heavy (non-hydrogen) atoms. The number of methoxy groups -OCH3 is 1. The monoisotopic (exact) mass is 237 g/mol. The number of anilines is 1. The van der Waals surface area contributed by atoms with Crippen molar-refractivity contribution in [3.63, 3.8) is 0 Å². The Labute approximate surface area is 104 Å². The number of benzene rings is 1. The van der Waals surface area contributed by atoms with E-state index in [4.69, 9.17) is 9.47 Å². The van der Waals surface area contributed by atoms with Crippen molar-refractivity contribution in [2.75, 3.05) is 25.6 Å². The Balaban J connectivity index is 2.67. The highest BCUT2D eigenvalue weighted by molar-refractivity contribution is 5.51. The van der Waals surface area contributed by atoms with Gasteiger partial charge in [-0.2, -0.15) is 0 Å². The number of rotatable bonds is 8. The zero-order valence-corrected chi connectivity index (χ0v) is 11.0. The summed E-state index contributed by atoms with van der Waals surface area (Å²) in [7, 11) is 1.73. The zero-order chi connectivity index (χ0) is 12.5. The summed E-state index contributed by atoms with van der Waals surface area (Å²) in [5, 5.41) is 3.50. The Morgan fingerprint density at radius 3 is 2.65 bits per heavy atom. The molecule has 1 aromatic carbocycles. The van der Waals surface area contributed by atoms with Crippen molar-refractivity contribution in [1.29, 1.82) is 0 Å². The van der Waals surface area contributed by atoms with E-state index in [9.17, 15) is 0 Å². The van der Waals surface area contributed by atoms with E-state index in [-0.39, 0.29) is 0 Å². The second-order valence-electron chi connectivity index (χ2n) is 4.00. The quantitative estimate of drug-likeness (QED) is 0.753. The summed E-state index contributed by atoms with van der Waals surface area (Å²) >= 11 is 0. The van der Waals surface area contributed by atoms with Crippen LogP contribution in [0.1, 0.15) is 25.8 Å². The van der Waals surface area contributed by atoms with Crippen molar-refractivity contribution in [2.45, 2.75) is 32.9 Å². The molecule has 1 aromatic rings. The molecule has 0 radical (unpaired) electrons. The molecule has 1 atom stereocenters. The summed E-state index contributed by atoms with van der Waals surface area (Å²) in [6.45, 7) is 6.28. The molecule has 1 rings (SSSR count). The van der Waals surface area contributed by atoms with Crippen LogP contribution in [-0.4, -0.2) is 26.4 Å². The van der Waals surface area contributed by atoms with Crippen molar-refractivity contribution in [3.8, 4) is 0 Å². The number of hydrogen-bond acceptors (Lipinski definition) is 3. The predicted molar refractivity (Wildman–Crippen MR) is 71.3 cm³/mol. The fourth-order valence-corrected chi connectivity index (χ4v) is 1.68. The van der Waals surface area contributed by atoms with Crippen LogP contribution in [0.4, 0.5) is 5.69 Å². The number of para-hydroxylation sites is 1. The molecule has 0 saturated carbocycles. The lowest BCUT2D eigenvalue weighted by atomic mass is 10.1. The fraction of sp³-hybridized carbons (Fsp3) is 0.571. The zero-order valence-electron chi connectivity index (χ0n) is 11.0. The minimum absolute atomic E-state index is 0.350. The van der Waals surface area contributed by atoms with Gasteiger partial charge in [0.1, 0.15) is 0 Å². The first-order chi connectivity index (χ1) is 8.31. The second-order valence-corrected chi connectivity index (χ2v) is 4.00. The molecule has 0 aliphatic carbocycles. The van der Waals surface area contributed by atoms with E-state index in [1.54, 1.807) is 7.11 Å². The minimum Gasteiger partial charge on any atom is -0.383 e. The predicted octanol–water partition coefficient (Wildman–Crippen LogP) is 3.06. The third-order valence-electron chi connectivity index (χ3n) is 2.70. The Hall–Kier alpha value is -1.06. The highest BCUT2D eigenvalue weighted by atomic mass is 16.5. The molecule has 0 saturated heterocycles. The first kappa shape index (κ1) is 14.0. The van der Waals surface area contributed by atoms with E-state index in [1.807, 2.05) is 19.1 Å². The third kappa shape index (κ3) is 4.75. The number of nitrogens with one attached hydrogen (secondary N) is 1. The second kappa shape index (κ2) is 8.09. The molecule has 0 spiro atoms. The highest BCUT2D eigenvalue weighted by Crippen LogP contribution is 2.17. The number of hydrogen-bond donors (Lipinski definition) is 1. The number of ether oxygens (including phenoxy) is 2. The molecule has 0 fully saturated rings. The molecule has 3 heteroatoms. The SMILES string of the molecule is CCOCc1ccccc1NC(CC)COC. The standard InChI is InChI=1S/C14H23NO2/c1-4-13(11-16-3)15-14-9-7-6-8-12(14)10-17-5-2/h6-9,13,15H,4-5,10-11H2,1-3H3. The van der Waals surface area contributed by atoms with Crippen molar-refractivity contribution < 1.29 is 9.47 Å².